The van der Waals surface area contributed by atoms with Crippen molar-refractivity contribution in [1.29, 1.82) is 0 Å². The zero-order valence-electron chi connectivity index (χ0n) is 9.34. The Balaban J connectivity index is 2.43. The number of hydrogen-bond acceptors (Lipinski definition) is 4. The van der Waals surface area contributed by atoms with Gasteiger partial charge >= 0.3 is 0 Å². The Hall–Kier alpha value is -1.23. The topological polar surface area (TPSA) is 68.0 Å². The van der Waals surface area contributed by atoms with Crippen LogP contribution in [0.4, 0.5) is 0 Å². The summed E-state index contributed by atoms with van der Waals surface area (Å²) in [5, 5.41) is 13.6. The van der Waals surface area contributed by atoms with Crippen molar-refractivity contribution in [2.24, 2.45) is 5.41 Å². The Labute approximate surface area is 89.1 Å². The van der Waals surface area contributed by atoms with E-state index in [4.69, 9.17) is 0 Å². The third-order valence-electron chi connectivity index (χ3n) is 2.18. The summed E-state index contributed by atoms with van der Waals surface area (Å²) in [6.07, 6.45) is 2.34. The predicted molar refractivity (Wildman–Crippen MR) is 55.1 cm³/mol. The lowest BCUT2D eigenvalue weighted by atomic mass is 9.86. The maximum Gasteiger partial charge on any atom is 0.163 e. The minimum absolute atomic E-state index is 0.155. The van der Waals surface area contributed by atoms with Crippen molar-refractivity contribution in [3.05, 3.63) is 12.7 Å². The molecule has 0 aliphatic rings. The van der Waals surface area contributed by atoms with Crippen molar-refractivity contribution in [2.75, 3.05) is 0 Å². The third-order valence-corrected chi connectivity index (χ3v) is 2.18. The van der Waals surface area contributed by atoms with Gasteiger partial charge in [-0.2, -0.15) is 5.10 Å². The highest BCUT2D eigenvalue weighted by atomic mass is 16.3. The molecule has 5 heteroatoms. The summed E-state index contributed by atoms with van der Waals surface area (Å²) in [5.74, 6) is -0.155. The fourth-order valence-corrected chi connectivity index (χ4v) is 1.19. The second kappa shape index (κ2) is 4.53. The van der Waals surface area contributed by atoms with E-state index in [-0.39, 0.29) is 12.2 Å². The molecule has 1 N–H and O–H groups in total. The standard InChI is InChI=1S/C10H17N3O2/c1-10(2,3)9(15)8(14)4-5-13-7-11-6-12-13/h6-7,9,15H,4-5H2,1-3H3. The highest BCUT2D eigenvalue weighted by molar-refractivity contribution is 5.83. The number of hydrogen-bond donors (Lipinski definition) is 1. The summed E-state index contributed by atoms with van der Waals surface area (Å²) in [6, 6.07) is 0. The lowest BCUT2D eigenvalue weighted by molar-refractivity contribution is -0.132. The number of carbonyl (C=O) groups is 1. The van der Waals surface area contributed by atoms with Crippen LogP contribution in [0.3, 0.4) is 0 Å². The van der Waals surface area contributed by atoms with Gasteiger partial charge in [0, 0.05) is 13.0 Å². The summed E-state index contributed by atoms with van der Waals surface area (Å²) >= 11 is 0. The van der Waals surface area contributed by atoms with Crippen molar-refractivity contribution in [2.45, 2.75) is 39.8 Å². The quantitative estimate of drug-likeness (QED) is 0.793. The second-order valence-electron chi connectivity index (χ2n) is 4.64. The largest absolute Gasteiger partial charge is 0.385 e. The molecule has 1 rings (SSSR count). The zero-order chi connectivity index (χ0) is 11.5. The van der Waals surface area contributed by atoms with Gasteiger partial charge in [-0.15, -0.1) is 0 Å². The van der Waals surface area contributed by atoms with E-state index in [1.54, 1.807) is 11.0 Å². The van der Waals surface area contributed by atoms with E-state index in [0.29, 0.717) is 6.54 Å². The van der Waals surface area contributed by atoms with Gasteiger partial charge in [0.2, 0.25) is 0 Å². The predicted octanol–water partition coefficient (Wildman–Crippen LogP) is 0.644. The first-order valence-corrected chi connectivity index (χ1v) is 4.94. The summed E-state index contributed by atoms with van der Waals surface area (Å²) in [5.41, 5.74) is -0.403. The molecule has 1 aromatic rings. The number of carbonyl (C=O) groups excluding carboxylic acids is 1. The Morgan fingerprint density at radius 2 is 2.20 bits per heavy atom. The molecular weight excluding hydrogens is 194 g/mol. The summed E-state index contributed by atoms with van der Waals surface area (Å²) in [4.78, 5) is 15.3. The number of aromatic nitrogens is 3. The molecule has 0 spiro atoms. The van der Waals surface area contributed by atoms with E-state index in [1.807, 2.05) is 20.8 Å². The molecule has 1 atom stereocenters. The molecule has 84 valence electrons. The normalized spacial score (nSPS) is 13.9. The molecular formula is C10H17N3O2. The van der Waals surface area contributed by atoms with Crippen molar-refractivity contribution in [1.82, 2.24) is 14.8 Å². The second-order valence-corrected chi connectivity index (χ2v) is 4.64. The molecule has 0 aliphatic heterocycles. The van der Waals surface area contributed by atoms with E-state index in [9.17, 15) is 9.90 Å². The van der Waals surface area contributed by atoms with E-state index in [2.05, 4.69) is 10.1 Å². The summed E-state index contributed by atoms with van der Waals surface area (Å²) < 4.78 is 1.58. The highest BCUT2D eigenvalue weighted by Crippen LogP contribution is 2.20. The van der Waals surface area contributed by atoms with E-state index in [1.165, 1.54) is 6.33 Å². The molecule has 0 amide bonds. The van der Waals surface area contributed by atoms with Gasteiger partial charge in [-0.25, -0.2) is 4.98 Å². The number of aryl methyl sites for hydroxylation is 1. The molecule has 0 fully saturated rings. The first kappa shape index (κ1) is 11.8. The summed E-state index contributed by atoms with van der Waals surface area (Å²) in [6.45, 7) is 5.98. The monoisotopic (exact) mass is 211 g/mol. The molecule has 1 aromatic heterocycles. The minimum Gasteiger partial charge on any atom is -0.385 e. The van der Waals surface area contributed by atoms with Crippen LogP contribution in [0.2, 0.25) is 0 Å². The number of aliphatic hydroxyl groups excluding tert-OH is 1. The number of ketones is 1. The SMILES string of the molecule is CC(C)(C)C(O)C(=O)CCn1cncn1. The van der Waals surface area contributed by atoms with Gasteiger partial charge in [0.05, 0.1) is 0 Å². The number of rotatable bonds is 4. The van der Waals surface area contributed by atoms with Crippen LogP contribution in [0.25, 0.3) is 0 Å². The average molecular weight is 211 g/mol. The van der Waals surface area contributed by atoms with Crippen LogP contribution in [0, 0.1) is 5.41 Å². The molecule has 0 saturated carbocycles. The van der Waals surface area contributed by atoms with Crippen LogP contribution in [-0.2, 0) is 11.3 Å². The van der Waals surface area contributed by atoms with Crippen molar-refractivity contribution in [3.63, 3.8) is 0 Å². The Bertz CT molecular complexity index is 314. The molecule has 0 radical (unpaired) electrons. The fourth-order valence-electron chi connectivity index (χ4n) is 1.19. The first-order chi connectivity index (χ1) is 6.91. The minimum atomic E-state index is -0.916. The van der Waals surface area contributed by atoms with Gasteiger partial charge in [-0.05, 0) is 5.41 Å². The Morgan fingerprint density at radius 1 is 1.53 bits per heavy atom. The van der Waals surface area contributed by atoms with Gasteiger partial charge in [0.25, 0.3) is 0 Å². The molecule has 5 nitrogen and oxygen atoms in total. The zero-order valence-corrected chi connectivity index (χ0v) is 9.34. The number of aliphatic hydroxyl groups is 1. The molecule has 15 heavy (non-hydrogen) atoms. The third kappa shape index (κ3) is 3.43. The van der Waals surface area contributed by atoms with Crippen LogP contribution in [0.15, 0.2) is 12.7 Å². The Morgan fingerprint density at radius 3 is 2.67 bits per heavy atom. The van der Waals surface area contributed by atoms with Crippen LogP contribution in [0.5, 0.6) is 0 Å². The fraction of sp³-hybridized carbons (Fsp3) is 0.700. The van der Waals surface area contributed by atoms with E-state index >= 15 is 0 Å². The molecule has 0 aromatic carbocycles. The van der Waals surface area contributed by atoms with Gasteiger partial charge in [-0.1, -0.05) is 20.8 Å². The van der Waals surface area contributed by atoms with Crippen LogP contribution >= 0.6 is 0 Å². The molecule has 0 aliphatic carbocycles. The van der Waals surface area contributed by atoms with Crippen LogP contribution < -0.4 is 0 Å². The van der Waals surface area contributed by atoms with Gasteiger partial charge in [0.1, 0.15) is 18.8 Å². The number of Topliss-reactive ketones (excluding diaryl/α,β-unsaturated/α-hetero) is 1. The Kier molecular flexibility index (Phi) is 3.57. The maximum atomic E-state index is 11.6. The smallest absolute Gasteiger partial charge is 0.163 e. The highest BCUT2D eigenvalue weighted by Gasteiger charge is 2.28. The van der Waals surface area contributed by atoms with Crippen molar-refractivity contribution < 1.29 is 9.90 Å². The molecule has 0 bridgehead atoms. The average Bonchev–Trinajstić information content (AvgIpc) is 2.63. The maximum absolute atomic E-state index is 11.6. The van der Waals surface area contributed by atoms with Gasteiger partial charge < -0.3 is 5.11 Å². The van der Waals surface area contributed by atoms with E-state index < -0.39 is 11.5 Å². The van der Waals surface area contributed by atoms with E-state index in [0.717, 1.165) is 0 Å². The van der Waals surface area contributed by atoms with Gasteiger partial charge in [0.15, 0.2) is 5.78 Å². The molecule has 0 saturated heterocycles. The number of nitrogens with zero attached hydrogens (tertiary/aromatic N) is 3. The van der Waals surface area contributed by atoms with Crippen LogP contribution in [-0.4, -0.2) is 31.8 Å². The first-order valence-electron chi connectivity index (χ1n) is 4.94. The lowest BCUT2D eigenvalue weighted by Gasteiger charge is -2.24. The molecule has 1 heterocycles. The molecule has 1 unspecified atom stereocenters. The summed E-state index contributed by atoms with van der Waals surface area (Å²) in [7, 11) is 0. The lowest BCUT2D eigenvalue weighted by Crippen LogP contribution is -2.34. The van der Waals surface area contributed by atoms with Crippen molar-refractivity contribution in [3.8, 4) is 0 Å². The van der Waals surface area contributed by atoms with Crippen LogP contribution in [0.1, 0.15) is 27.2 Å². The van der Waals surface area contributed by atoms with Gasteiger partial charge in [-0.3, -0.25) is 9.48 Å². The van der Waals surface area contributed by atoms with Crippen molar-refractivity contribution >= 4 is 5.78 Å².